The van der Waals surface area contributed by atoms with Gasteiger partial charge in [0.2, 0.25) is 0 Å². The smallest absolute Gasteiger partial charge is 0.143 e. The van der Waals surface area contributed by atoms with Crippen molar-refractivity contribution in [3.05, 3.63) is 42.9 Å². The van der Waals surface area contributed by atoms with Crippen molar-refractivity contribution in [1.82, 2.24) is 29.8 Å². The van der Waals surface area contributed by atoms with E-state index in [1.807, 2.05) is 6.07 Å². The molecule has 0 radical (unpaired) electrons. The quantitative estimate of drug-likeness (QED) is 0.492. The number of fused-ring (bicyclic) bond motifs is 3. The lowest BCUT2D eigenvalue weighted by atomic mass is 9.90. The summed E-state index contributed by atoms with van der Waals surface area (Å²) in [5, 5.41) is 5.59. The molecule has 9 heteroatoms. The summed E-state index contributed by atoms with van der Waals surface area (Å²) in [6.45, 7) is 3.78. The number of aromatic nitrogens is 5. The van der Waals surface area contributed by atoms with Crippen molar-refractivity contribution in [2.45, 2.75) is 37.8 Å². The lowest BCUT2D eigenvalue weighted by molar-refractivity contribution is 0.00791. The third-order valence-corrected chi connectivity index (χ3v) is 6.87. The lowest BCUT2D eigenvalue weighted by Crippen LogP contribution is -2.46. The van der Waals surface area contributed by atoms with Crippen molar-refractivity contribution in [3.8, 4) is 11.3 Å². The summed E-state index contributed by atoms with van der Waals surface area (Å²) in [5.41, 5.74) is 2.94. The molecule has 2 aliphatic rings. The number of halogens is 1. The molecule has 0 bridgehead atoms. The van der Waals surface area contributed by atoms with Crippen molar-refractivity contribution in [2.75, 3.05) is 31.6 Å². The van der Waals surface area contributed by atoms with Crippen LogP contribution >= 0.6 is 0 Å². The molecule has 8 nitrogen and oxygen atoms in total. The van der Waals surface area contributed by atoms with Crippen LogP contribution in [0, 0.1) is 5.82 Å². The Balaban J connectivity index is 1.27. The van der Waals surface area contributed by atoms with Gasteiger partial charge in [0.15, 0.2) is 0 Å². The van der Waals surface area contributed by atoms with E-state index in [2.05, 4.69) is 35.1 Å². The second-order valence-electron chi connectivity index (χ2n) is 8.88. The van der Waals surface area contributed by atoms with E-state index < -0.39 is 0 Å². The summed E-state index contributed by atoms with van der Waals surface area (Å²) in [4.78, 5) is 23.4. The Labute approximate surface area is 190 Å². The molecule has 0 aromatic carbocycles. The average molecular weight is 448 g/mol. The molecule has 33 heavy (non-hydrogen) atoms. The van der Waals surface area contributed by atoms with Crippen molar-refractivity contribution in [1.29, 1.82) is 0 Å². The van der Waals surface area contributed by atoms with Crippen molar-refractivity contribution < 1.29 is 9.13 Å². The molecule has 2 fully saturated rings. The number of ether oxygens (including phenoxy) is 1. The molecule has 0 unspecified atom stereocenters. The molecule has 1 saturated heterocycles. The number of morpholine rings is 1. The van der Waals surface area contributed by atoms with E-state index in [9.17, 15) is 4.39 Å². The van der Waals surface area contributed by atoms with Gasteiger partial charge in [0.1, 0.15) is 23.6 Å². The first-order valence-electron chi connectivity index (χ1n) is 11.6. The largest absolute Gasteiger partial charge is 0.379 e. The van der Waals surface area contributed by atoms with Crippen LogP contribution in [-0.4, -0.2) is 68.2 Å². The van der Waals surface area contributed by atoms with E-state index >= 15 is 0 Å². The van der Waals surface area contributed by atoms with Crippen LogP contribution in [0.1, 0.15) is 25.7 Å². The van der Waals surface area contributed by atoms with Crippen LogP contribution in [0.4, 0.5) is 10.2 Å². The SMILES string of the molecule is Fc1cncc(-c2cc3c(cn2)[nH]c2ncnc(NC4CCC(N5CCOCC5)CC4)c23)c1. The Bertz CT molecular complexity index is 1280. The zero-order chi connectivity index (χ0) is 22.2. The van der Waals surface area contributed by atoms with Crippen molar-refractivity contribution >= 4 is 27.8 Å². The zero-order valence-corrected chi connectivity index (χ0v) is 18.3. The van der Waals surface area contributed by atoms with E-state index in [0.29, 0.717) is 23.3 Å². The number of rotatable bonds is 4. The van der Waals surface area contributed by atoms with Gasteiger partial charge in [-0.2, -0.15) is 0 Å². The topological polar surface area (TPSA) is 91.8 Å². The van der Waals surface area contributed by atoms with Crippen LogP contribution in [-0.2, 0) is 4.74 Å². The molecule has 0 amide bonds. The number of nitrogens with one attached hydrogen (secondary N) is 2. The Hall–Kier alpha value is -3.17. The minimum atomic E-state index is -0.383. The molecule has 4 aromatic heterocycles. The molecule has 4 aromatic rings. The first-order valence-corrected chi connectivity index (χ1v) is 11.6. The number of hydrogen-bond acceptors (Lipinski definition) is 7. The fourth-order valence-electron chi connectivity index (χ4n) is 5.17. The van der Waals surface area contributed by atoms with E-state index in [1.54, 1.807) is 18.7 Å². The highest BCUT2D eigenvalue weighted by atomic mass is 19.1. The van der Waals surface area contributed by atoms with Gasteiger partial charge in [0.25, 0.3) is 0 Å². The highest BCUT2D eigenvalue weighted by Gasteiger charge is 2.27. The molecule has 0 spiro atoms. The van der Waals surface area contributed by atoms with Gasteiger partial charge < -0.3 is 15.0 Å². The Morgan fingerprint density at radius 2 is 1.85 bits per heavy atom. The highest BCUT2D eigenvalue weighted by Crippen LogP contribution is 2.33. The fraction of sp³-hybridized carbons (Fsp3) is 0.417. The van der Waals surface area contributed by atoms with Crippen LogP contribution in [0.5, 0.6) is 0 Å². The van der Waals surface area contributed by atoms with E-state index in [4.69, 9.17) is 4.74 Å². The summed E-state index contributed by atoms with van der Waals surface area (Å²) < 4.78 is 19.2. The number of H-pyrrole nitrogens is 1. The van der Waals surface area contributed by atoms with Gasteiger partial charge in [-0.15, -0.1) is 0 Å². The molecule has 1 aliphatic carbocycles. The van der Waals surface area contributed by atoms with Crippen LogP contribution in [0.3, 0.4) is 0 Å². The molecular formula is C24H26FN7O. The molecule has 2 N–H and O–H groups in total. The van der Waals surface area contributed by atoms with Gasteiger partial charge in [-0.1, -0.05) is 0 Å². The normalized spacial score (nSPS) is 22.1. The van der Waals surface area contributed by atoms with Gasteiger partial charge >= 0.3 is 0 Å². The van der Waals surface area contributed by atoms with Crippen LogP contribution in [0.2, 0.25) is 0 Å². The number of anilines is 1. The third-order valence-electron chi connectivity index (χ3n) is 6.87. The molecule has 1 saturated carbocycles. The Morgan fingerprint density at radius 3 is 2.67 bits per heavy atom. The standard InChI is InChI=1S/C24H26FN7O/c25-16-9-15(11-26-12-16)20-10-19-21(13-27-20)31-24-22(19)23(28-14-29-24)30-17-1-3-18(4-2-17)32-5-7-33-8-6-32/h9-14,17-18H,1-8H2,(H2,28,29,30,31). The summed E-state index contributed by atoms with van der Waals surface area (Å²) in [5.74, 6) is 0.447. The summed E-state index contributed by atoms with van der Waals surface area (Å²) in [6, 6.07) is 4.42. The maximum atomic E-state index is 13.7. The lowest BCUT2D eigenvalue weighted by Gasteiger charge is -2.39. The van der Waals surface area contributed by atoms with Crippen LogP contribution in [0.15, 0.2) is 37.1 Å². The predicted molar refractivity (Wildman–Crippen MR) is 124 cm³/mol. The average Bonchev–Trinajstić information content (AvgIpc) is 3.24. The molecule has 1 aliphatic heterocycles. The minimum absolute atomic E-state index is 0.374. The van der Waals surface area contributed by atoms with E-state index in [-0.39, 0.29) is 5.82 Å². The summed E-state index contributed by atoms with van der Waals surface area (Å²) >= 11 is 0. The summed E-state index contributed by atoms with van der Waals surface area (Å²) in [6.07, 6.45) is 10.7. The molecule has 170 valence electrons. The van der Waals surface area contributed by atoms with Gasteiger partial charge in [0, 0.05) is 42.3 Å². The van der Waals surface area contributed by atoms with Gasteiger partial charge in [-0.05, 0) is 37.8 Å². The number of aromatic amines is 1. The molecule has 0 atom stereocenters. The monoisotopic (exact) mass is 447 g/mol. The second-order valence-corrected chi connectivity index (χ2v) is 8.88. The zero-order valence-electron chi connectivity index (χ0n) is 18.3. The maximum absolute atomic E-state index is 13.7. The Morgan fingerprint density at radius 1 is 1.00 bits per heavy atom. The number of nitrogens with zero attached hydrogens (tertiary/aromatic N) is 5. The van der Waals surface area contributed by atoms with Crippen LogP contribution in [0.25, 0.3) is 33.2 Å². The highest BCUT2D eigenvalue weighted by molar-refractivity contribution is 6.11. The van der Waals surface area contributed by atoms with E-state index in [1.165, 1.54) is 25.1 Å². The number of pyridine rings is 2. The second kappa shape index (κ2) is 8.64. The first-order chi connectivity index (χ1) is 16.2. The van der Waals surface area contributed by atoms with E-state index in [0.717, 1.165) is 66.9 Å². The molecular weight excluding hydrogens is 421 g/mol. The fourth-order valence-corrected chi connectivity index (χ4v) is 5.17. The predicted octanol–water partition coefficient (Wildman–Crippen LogP) is 3.76. The van der Waals surface area contributed by atoms with Crippen molar-refractivity contribution in [3.63, 3.8) is 0 Å². The third kappa shape index (κ3) is 4.02. The minimum Gasteiger partial charge on any atom is -0.379 e. The number of hydrogen-bond donors (Lipinski definition) is 2. The van der Waals surface area contributed by atoms with Gasteiger partial charge in [-0.3, -0.25) is 14.9 Å². The molecule has 6 rings (SSSR count). The maximum Gasteiger partial charge on any atom is 0.143 e. The summed E-state index contributed by atoms with van der Waals surface area (Å²) in [7, 11) is 0. The van der Waals surface area contributed by atoms with Gasteiger partial charge in [-0.25, -0.2) is 14.4 Å². The van der Waals surface area contributed by atoms with Crippen molar-refractivity contribution in [2.24, 2.45) is 0 Å². The first kappa shape index (κ1) is 20.4. The molecule has 5 heterocycles. The Kier molecular flexibility index (Phi) is 5.35. The van der Waals surface area contributed by atoms with Gasteiger partial charge in [0.05, 0.1) is 42.2 Å². The van der Waals surface area contributed by atoms with Crippen LogP contribution < -0.4 is 5.32 Å².